The molecular weight excluding hydrogens is 292 g/mol. The molecule has 2 aliphatic rings. The number of amides is 1. The number of ketones is 1. The lowest BCUT2D eigenvalue weighted by molar-refractivity contribution is -0.114. The fourth-order valence-corrected chi connectivity index (χ4v) is 2.76. The molecule has 0 N–H and O–H groups in total. The van der Waals surface area contributed by atoms with E-state index < -0.39 is 11.7 Å². The van der Waals surface area contributed by atoms with Crippen molar-refractivity contribution in [3.05, 3.63) is 73.3 Å². The maximum atomic E-state index is 12.1. The smallest absolute Gasteiger partial charge is 0.299 e. The first-order chi connectivity index (χ1) is 11.2. The second kappa shape index (κ2) is 5.61. The van der Waals surface area contributed by atoms with E-state index in [2.05, 4.69) is 10.3 Å². The molecule has 2 heterocycles. The summed E-state index contributed by atoms with van der Waals surface area (Å²) in [5.74, 6) is 0.0771. The van der Waals surface area contributed by atoms with E-state index in [4.69, 9.17) is 0 Å². The molecule has 1 saturated carbocycles. The number of Topliss-reactive ketones (excluding diaryl/α,β-unsaturated/α-hetero) is 1. The molecule has 6 nitrogen and oxygen atoms in total. The van der Waals surface area contributed by atoms with Crippen molar-refractivity contribution in [3.63, 3.8) is 0 Å². The number of aromatic nitrogens is 3. The van der Waals surface area contributed by atoms with Crippen LogP contribution in [0.1, 0.15) is 16.1 Å². The van der Waals surface area contributed by atoms with Crippen LogP contribution in [0.2, 0.25) is 0 Å². The van der Waals surface area contributed by atoms with Gasteiger partial charge in [0, 0.05) is 18.7 Å². The molecule has 1 aliphatic heterocycles. The number of hydrogen-bond donors (Lipinski definition) is 0. The third kappa shape index (κ3) is 2.44. The zero-order valence-electron chi connectivity index (χ0n) is 12.2. The van der Waals surface area contributed by atoms with Crippen molar-refractivity contribution >= 4 is 17.4 Å². The van der Waals surface area contributed by atoms with Gasteiger partial charge >= 0.3 is 0 Å². The van der Waals surface area contributed by atoms with Crippen molar-refractivity contribution in [2.24, 2.45) is 0 Å². The van der Waals surface area contributed by atoms with Crippen molar-refractivity contribution in [1.82, 2.24) is 15.0 Å². The van der Waals surface area contributed by atoms with E-state index in [0.29, 0.717) is 24.3 Å². The summed E-state index contributed by atoms with van der Waals surface area (Å²) < 4.78 is 1.68. The third-order valence-electron chi connectivity index (χ3n) is 3.93. The molecule has 113 valence electrons. The lowest BCUT2D eigenvalue weighted by atomic mass is 10.1. The van der Waals surface area contributed by atoms with Gasteiger partial charge in [0.15, 0.2) is 0 Å². The van der Waals surface area contributed by atoms with Crippen LogP contribution in [0.3, 0.4) is 0 Å². The highest BCUT2D eigenvalue weighted by atomic mass is 16.2. The second-order valence-corrected chi connectivity index (χ2v) is 5.34. The Morgan fingerprint density at radius 1 is 1.00 bits per heavy atom. The Labute approximate surface area is 134 Å². The lowest BCUT2D eigenvalue weighted by Crippen LogP contribution is -2.32. The van der Waals surface area contributed by atoms with Gasteiger partial charge in [0.2, 0.25) is 0 Å². The Kier molecular flexibility index (Phi) is 3.44. The second-order valence-electron chi connectivity index (χ2n) is 5.34. The monoisotopic (exact) mass is 305 g/mol. The minimum Gasteiger partial charge on any atom is -0.303 e. The number of carbonyl (C=O) groups excluding carboxylic acids is 2. The van der Waals surface area contributed by atoms with Gasteiger partial charge in [-0.2, -0.15) is 0 Å². The van der Waals surface area contributed by atoms with Gasteiger partial charge in [-0.1, -0.05) is 17.3 Å². The fourth-order valence-electron chi connectivity index (χ4n) is 2.76. The SMILES string of the molecule is O=C1C(=O)N(CCn2cc([C]3[CH][CH][CH][CH]3)nn2)c2ccccc21. The summed E-state index contributed by atoms with van der Waals surface area (Å²) in [6, 6.07) is 7.05. The van der Waals surface area contributed by atoms with E-state index in [9.17, 15) is 9.59 Å². The predicted octanol–water partition coefficient (Wildman–Crippen LogP) is 1.26. The third-order valence-corrected chi connectivity index (χ3v) is 3.93. The zero-order valence-corrected chi connectivity index (χ0v) is 12.2. The number of carbonyl (C=O) groups is 2. The van der Waals surface area contributed by atoms with E-state index >= 15 is 0 Å². The average molecular weight is 305 g/mol. The van der Waals surface area contributed by atoms with Crippen molar-refractivity contribution in [2.45, 2.75) is 6.54 Å². The molecule has 1 fully saturated rings. The van der Waals surface area contributed by atoms with Crippen LogP contribution in [-0.4, -0.2) is 33.2 Å². The van der Waals surface area contributed by atoms with Gasteiger partial charge in [0.1, 0.15) is 0 Å². The van der Waals surface area contributed by atoms with Crippen LogP contribution in [0, 0.1) is 31.6 Å². The van der Waals surface area contributed by atoms with Crippen LogP contribution >= 0.6 is 0 Å². The summed E-state index contributed by atoms with van der Waals surface area (Å²) in [7, 11) is 0. The fraction of sp³-hybridized carbons (Fsp3) is 0.118. The highest BCUT2D eigenvalue weighted by Gasteiger charge is 2.35. The normalized spacial score (nSPS) is 18.0. The summed E-state index contributed by atoms with van der Waals surface area (Å²) in [6.45, 7) is 0.854. The maximum Gasteiger partial charge on any atom is 0.299 e. The van der Waals surface area contributed by atoms with E-state index in [0.717, 1.165) is 11.6 Å². The van der Waals surface area contributed by atoms with E-state index in [1.54, 1.807) is 22.9 Å². The van der Waals surface area contributed by atoms with Crippen molar-refractivity contribution < 1.29 is 9.59 Å². The predicted molar refractivity (Wildman–Crippen MR) is 82.7 cm³/mol. The van der Waals surface area contributed by atoms with Crippen LogP contribution < -0.4 is 4.90 Å². The highest BCUT2D eigenvalue weighted by Crippen LogP contribution is 2.29. The minimum absolute atomic E-state index is 0.380. The Balaban J connectivity index is 1.47. The molecule has 0 saturated heterocycles. The molecule has 0 atom stereocenters. The van der Waals surface area contributed by atoms with Crippen molar-refractivity contribution in [1.29, 1.82) is 0 Å². The highest BCUT2D eigenvalue weighted by molar-refractivity contribution is 6.52. The summed E-state index contributed by atoms with van der Waals surface area (Å²) in [5, 5.41) is 8.20. The molecule has 4 rings (SSSR count). The molecule has 0 unspecified atom stereocenters. The standard InChI is InChI=1S/C17H13N4O2/c22-16-13-7-3-4-8-15(13)21(17(16)23)10-9-20-11-14(18-19-20)12-5-1-2-6-12/h1-8,11H,9-10H2. The average Bonchev–Trinajstić information content (AvgIpc) is 3.29. The van der Waals surface area contributed by atoms with Crippen LogP contribution in [0.4, 0.5) is 5.69 Å². The first kappa shape index (κ1) is 14.1. The van der Waals surface area contributed by atoms with Gasteiger partial charge < -0.3 is 4.90 Å². The number of fused-ring (bicyclic) bond motifs is 1. The molecular formula is C17H13N4O2. The maximum absolute atomic E-state index is 12.1. The molecule has 23 heavy (non-hydrogen) atoms. The number of nitrogens with zero attached hydrogens (tertiary/aromatic N) is 4. The molecule has 1 amide bonds. The number of anilines is 1. The summed E-state index contributed by atoms with van der Waals surface area (Å²) in [6.07, 6.45) is 9.66. The van der Waals surface area contributed by atoms with Crippen LogP contribution in [0.5, 0.6) is 0 Å². The van der Waals surface area contributed by atoms with Crippen LogP contribution in [0.25, 0.3) is 0 Å². The number of hydrogen-bond acceptors (Lipinski definition) is 4. The molecule has 1 aliphatic carbocycles. The zero-order chi connectivity index (χ0) is 15.8. The minimum atomic E-state index is -0.484. The van der Waals surface area contributed by atoms with Gasteiger partial charge in [-0.3, -0.25) is 14.3 Å². The summed E-state index contributed by atoms with van der Waals surface area (Å²) in [5.41, 5.74) is 1.92. The van der Waals surface area contributed by atoms with E-state index in [1.165, 1.54) is 4.90 Å². The lowest BCUT2D eigenvalue weighted by Gasteiger charge is -2.15. The number of para-hydroxylation sites is 1. The summed E-state index contributed by atoms with van der Waals surface area (Å²) in [4.78, 5) is 25.6. The molecule has 5 radical (unpaired) electrons. The van der Waals surface area contributed by atoms with Crippen molar-refractivity contribution in [2.75, 3.05) is 11.4 Å². The van der Waals surface area contributed by atoms with E-state index in [-0.39, 0.29) is 0 Å². The summed E-state index contributed by atoms with van der Waals surface area (Å²) >= 11 is 0. The molecule has 1 aromatic heterocycles. The van der Waals surface area contributed by atoms with Crippen LogP contribution in [0.15, 0.2) is 30.5 Å². The Morgan fingerprint density at radius 3 is 2.61 bits per heavy atom. The van der Waals surface area contributed by atoms with Gasteiger partial charge in [0.25, 0.3) is 11.7 Å². The van der Waals surface area contributed by atoms with Gasteiger partial charge in [-0.15, -0.1) is 5.10 Å². The molecule has 6 heteroatoms. The van der Waals surface area contributed by atoms with Crippen LogP contribution in [-0.2, 0) is 11.3 Å². The Hall–Kier alpha value is -2.50. The Bertz CT molecular complexity index is 761. The topological polar surface area (TPSA) is 68.1 Å². The van der Waals surface area contributed by atoms with E-state index in [1.807, 2.05) is 37.9 Å². The van der Waals surface area contributed by atoms with Gasteiger partial charge in [-0.25, -0.2) is 0 Å². The molecule has 2 aromatic rings. The molecule has 1 aromatic carbocycles. The quantitative estimate of drug-likeness (QED) is 0.798. The van der Waals surface area contributed by atoms with Gasteiger partial charge in [-0.05, 0) is 37.8 Å². The van der Waals surface area contributed by atoms with Crippen molar-refractivity contribution in [3.8, 4) is 0 Å². The molecule has 0 spiro atoms. The first-order valence-corrected chi connectivity index (χ1v) is 7.31. The Morgan fingerprint density at radius 2 is 1.78 bits per heavy atom. The first-order valence-electron chi connectivity index (χ1n) is 7.31. The molecule has 0 bridgehead atoms. The number of benzene rings is 1. The largest absolute Gasteiger partial charge is 0.303 e. The van der Waals surface area contributed by atoms with Gasteiger partial charge in [0.05, 0.1) is 23.5 Å². The number of rotatable bonds is 4.